The highest BCUT2D eigenvalue weighted by Gasteiger charge is 2.29. The Morgan fingerprint density at radius 1 is 0.456 bits per heavy atom. The number of rotatable bonds is 40. The Bertz CT molecular complexity index is 1030. The van der Waals surface area contributed by atoms with Gasteiger partial charge >= 0.3 is 31.7 Å². The van der Waals surface area contributed by atoms with Crippen LogP contribution in [0.2, 0.25) is 0 Å². The van der Waals surface area contributed by atoms with Crippen LogP contribution in [0.5, 0.6) is 0 Å². The SMILES string of the molecule is CCCCCCCCCCCCCC(=O)OCC(COP(=O)(O)OCC(COC(=O)CCN)OC(=O)CCN)OC(=O)CCCCCCCCCCCCC.Cl.Cl. The van der Waals surface area contributed by atoms with Gasteiger partial charge in [-0.2, -0.15) is 0 Å². The summed E-state index contributed by atoms with van der Waals surface area (Å²) in [5, 5.41) is 0. The number of phosphoric acid groups is 1. The molecule has 0 saturated heterocycles. The molecule has 340 valence electrons. The van der Waals surface area contributed by atoms with Gasteiger partial charge in [0.25, 0.3) is 0 Å². The number of halogens is 2. The molecule has 57 heavy (non-hydrogen) atoms. The standard InChI is InChI=1S/C40H77N2O12P.2ClH/c1-3-5-7-9-11-13-15-17-19-21-23-25-37(43)49-31-35(53-39(45)26-24-22-20-18-16-14-12-10-8-6-4-2)33-51-55(47,48)52-34-36(54-40(46)28-30-42)32-50-38(44)27-29-41;;/h35-36H,3-34,41-42H2,1-2H3,(H,47,48);2*1H. The fourth-order valence-electron chi connectivity index (χ4n) is 5.73. The van der Waals surface area contributed by atoms with Gasteiger partial charge in [-0.15, -0.1) is 24.8 Å². The topological polar surface area (TPSA) is 213 Å². The maximum Gasteiger partial charge on any atom is 0.472 e. The van der Waals surface area contributed by atoms with Gasteiger partial charge in [0.15, 0.2) is 12.2 Å². The van der Waals surface area contributed by atoms with Crippen molar-refractivity contribution in [1.29, 1.82) is 0 Å². The number of carbonyl (C=O) groups excluding carboxylic acids is 4. The highest BCUT2D eigenvalue weighted by Crippen LogP contribution is 2.43. The molecule has 3 unspecified atom stereocenters. The maximum absolute atomic E-state index is 12.8. The quantitative estimate of drug-likeness (QED) is 0.0227. The van der Waals surface area contributed by atoms with Crippen molar-refractivity contribution in [2.45, 2.75) is 193 Å². The average Bonchev–Trinajstić information content (AvgIpc) is 3.15. The molecule has 0 amide bonds. The zero-order valence-corrected chi connectivity index (χ0v) is 37.7. The van der Waals surface area contributed by atoms with E-state index in [9.17, 15) is 28.6 Å². The van der Waals surface area contributed by atoms with E-state index in [1.54, 1.807) is 0 Å². The molecule has 17 heteroatoms. The first-order chi connectivity index (χ1) is 26.6. The van der Waals surface area contributed by atoms with Gasteiger partial charge in [0.1, 0.15) is 13.2 Å². The number of unbranched alkanes of at least 4 members (excludes halogenated alkanes) is 20. The van der Waals surface area contributed by atoms with Crippen LogP contribution in [0.15, 0.2) is 0 Å². The Labute approximate surface area is 356 Å². The first-order valence-electron chi connectivity index (χ1n) is 21.3. The van der Waals surface area contributed by atoms with Gasteiger partial charge < -0.3 is 35.3 Å². The van der Waals surface area contributed by atoms with Crippen LogP contribution in [0.4, 0.5) is 0 Å². The molecule has 14 nitrogen and oxygen atoms in total. The summed E-state index contributed by atoms with van der Waals surface area (Å²) in [5.41, 5.74) is 10.7. The zero-order chi connectivity index (χ0) is 40.8. The van der Waals surface area contributed by atoms with Crippen molar-refractivity contribution in [2.24, 2.45) is 11.5 Å². The van der Waals surface area contributed by atoms with E-state index in [0.29, 0.717) is 12.8 Å². The minimum Gasteiger partial charge on any atom is -0.462 e. The van der Waals surface area contributed by atoms with Crippen LogP contribution < -0.4 is 11.5 Å². The van der Waals surface area contributed by atoms with Crippen molar-refractivity contribution >= 4 is 56.5 Å². The van der Waals surface area contributed by atoms with Crippen molar-refractivity contribution in [1.82, 2.24) is 0 Å². The molecular weight excluding hydrogens is 802 g/mol. The lowest BCUT2D eigenvalue weighted by Crippen LogP contribution is -2.31. The molecule has 0 bridgehead atoms. The van der Waals surface area contributed by atoms with Crippen LogP contribution in [0, 0.1) is 0 Å². The fraction of sp³-hybridized carbons (Fsp3) is 0.900. The molecule has 0 heterocycles. The van der Waals surface area contributed by atoms with Gasteiger partial charge in [-0.3, -0.25) is 28.2 Å². The summed E-state index contributed by atoms with van der Waals surface area (Å²) < 4.78 is 44.0. The summed E-state index contributed by atoms with van der Waals surface area (Å²) >= 11 is 0. The molecule has 0 spiro atoms. The predicted octanol–water partition coefficient (Wildman–Crippen LogP) is 8.97. The second kappa shape index (κ2) is 42.6. The summed E-state index contributed by atoms with van der Waals surface area (Å²) in [6.45, 7) is 2.40. The second-order valence-electron chi connectivity index (χ2n) is 14.3. The molecule has 0 aliphatic carbocycles. The molecule has 0 aliphatic rings. The van der Waals surface area contributed by atoms with Crippen molar-refractivity contribution < 1.29 is 56.6 Å². The number of hydrogen-bond donors (Lipinski definition) is 3. The largest absolute Gasteiger partial charge is 0.472 e. The van der Waals surface area contributed by atoms with Crippen LogP contribution in [-0.2, 0) is 51.7 Å². The molecule has 0 fully saturated rings. The third-order valence-electron chi connectivity index (χ3n) is 8.97. The maximum atomic E-state index is 12.8. The van der Waals surface area contributed by atoms with Crippen molar-refractivity contribution in [3.63, 3.8) is 0 Å². The summed E-state index contributed by atoms with van der Waals surface area (Å²) in [4.78, 5) is 59.4. The lowest BCUT2D eigenvalue weighted by molar-refractivity contribution is -0.162. The summed E-state index contributed by atoms with van der Waals surface area (Å²) in [5.74, 6) is -2.37. The smallest absolute Gasteiger partial charge is 0.462 e. The van der Waals surface area contributed by atoms with Gasteiger partial charge in [0, 0.05) is 25.9 Å². The first kappa shape index (κ1) is 59.8. The van der Waals surface area contributed by atoms with Gasteiger partial charge in [0.2, 0.25) is 0 Å². The van der Waals surface area contributed by atoms with Crippen LogP contribution in [0.25, 0.3) is 0 Å². The Hall–Kier alpha value is -1.51. The number of carbonyl (C=O) groups is 4. The summed E-state index contributed by atoms with van der Waals surface area (Å²) in [7, 11) is -4.81. The molecule has 0 aromatic rings. The second-order valence-corrected chi connectivity index (χ2v) is 15.8. The zero-order valence-electron chi connectivity index (χ0n) is 35.1. The Kier molecular flexibility index (Phi) is 44.7. The third-order valence-corrected chi connectivity index (χ3v) is 9.92. The van der Waals surface area contributed by atoms with E-state index in [-0.39, 0.29) is 70.2 Å². The molecule has 0 aliphatic heterocycles. The van der Waals surface area contributed by atoms with E-state index < -0.39 is 63.7 Å². The van der Waals surface area contributed by atoms with Crippen LogP contribution in [-0.4, -0.2) is 80.5 Å². The number of esters is 4. The lowest BCUT2D eigenvalue weighted by atomic mass is 10.1. The van der Waals surface area contributed by atoms with Gasteiger partial charge in [0.05, 0.1) is 26.1 Å². The number of hydrogen-bond acceptors (Lipinski definition) is 13. The average molecular weight is 882 g/mol. The van der Waals surface area contributed by atoms with Crippen LogP contribution in [0.1, 0.15) is 181 Å². The monoisotopic (exact) mass is 880 g/mol. The molecule has 0 aromatic heterocycles. The summed E-state index contributed by atoms with van der Waals surface area (Å²) in [6.07, 6.45) is 22.8. The third kappa shape index (κ3) is 41.0. The molecule has 0 aromatic carbocycles. The van der Waals surface area contributed by atoms with E-state index in [0.717, 1.165) is 38.5 Å². The minimum atomic E-state index is -4.81. The molecule has 0 saturated carbocycles. The summed E-state index contributed by atoms with van der Waals surface area (Å²) in [6, 6.07) is 0. The van der Waals surface area contributed by atoms with Gasteiger partial charge in [-0.1, -0.05) is 142 Å². The van der Waals surface area contributed by atoms with Crippen LogP contribution in [0.3, 0.4) is 0 Å². The van der Waals surface area contributed by atoms with Gasteiger partial charge in [-0.05, 0) is 12.8 Å². The van der Waals surface area contributed by atoms with E-state index in [4.69, 9.17) is 39.5 Å². The fourth-order valence-corrected chi connectivity index (χ4v) is 6.52. The predicted molar refractivity (Wildman–Crippen MR) is 227 cm³/mol. The van der Waals surface area contributed by atoms with Crippen molar-refractivity contribution in [2.75, 3.05) is 39.5 Å². The first-order valence-corrected chi connectivity index (χ1v) is 22.8. The molecular formula is C40H79Cl2N2O12P. The Morgan fingerprint density at radius 3 is 1.09 bits per heavy atom. The minimum absolute atomic E-state index is 0. The number of nitrogens with two attached hydrogens (primary N) is 2. The van der Waals surface area contributed by atoms with E-state index >= 15 is 0 Å². The van der Waals surface area contributed by atoms with Crippen molar-refractivity contribution in [3.05, 3.63) is 0 Å². The Morgan fingerprint density at radius 2 is 0.737 bits per heavy atom. The molecule has 0 radical (unpaired) electrons. The number of phosphoric ester groups is 1. The highest BCUT2D eigenvalue weighted by molar-refractivity contribution is 7.47. The molecule has 3 atom stereocenters. The highest BCUT2D eigenvalue weighted by atomic mass is 35.5. The van der Waals surface area contributed by atoms with Crippen LogP contribution >= 0.6 is 32.6 Å². The molecule has 5 N–H and O–H groups in total. The van der Waals surface area contributed by atoms with E-state index in [1.165, 1.54) is 89.9 Å². The Balaban J connectivity index is -0.0000146. The lowest BCUT2D eigenvalue weighted by Gasteiger charge is -2.22. The van der Waals surface area contributed by atoms with E-state index in [2.05, 4.69) is 13.8 Å². The van der Waals surface area contributed by atoms with E-state index in [1.807, 2.05) is 0 Å². The number of ether oxygens (including phenoxy) is 4. The van der Waals surface area contributed by atoms with Gasteiger partial charge in [-0.25, -0.2) is 4.57 Å². The van der Waals surface area contributed by atoms with Crippen molar-refractivity contribution in [3.8, 4) is 0 Å². The molecule has 0 rings (SSSR count). The normalized spacial score (nSPS) is 13.0.